The van der Waals surface area contributed by atoms with Crippen LogP contribution in [0.1, 0.15) is 5.69 Å². The van der Waals surface area contributed by atoms with E-state index in [1.807, 2.05) is 30.3 Å². The number of aliphatic hydroxyl groups is 1. The highest BCUT2D eigenvalue weighted by atomic mass is 16.5. The third kappa shape index (κ3) is 3.45. The minimum Gasteiger partial charge on any atom is -0.390 e. The molecule has 0 fully saturated rings. The van der Waals surface area contributed by atoms with Gasteiger partial charge in [-0.1, -0.05) is 24.3 Å². The lowest BCUT2D eigenvalue weighted by molar-refractivity contribution is 0.0365. The van der Waals surface area contributed by atoms with Gasteiger partial charge in [-0.15, -0.1) is 0 Å². The Morgan fingerprint density at radius 3 is 2.80 bits per heavy atom. The van der Waals surface area contributed by atoms with Gasteiger partial charge in [0.25, 0.3) is 0 Å². The normalized spacial score (nSPS) is 12.6. The Balaban J connectivity index is 2.23. The number of nitrogens with one attached hydrogen (secondary N) is 1. The number of fused-ring (bicyclic) bond motifs is 1. The molecule has 108 valence electrons. The van der Waals surface area contributed by atoms with Crippen molar-refractivity contribution in [3.05, 3.63) is 36.0 Å². The predicted molar refractivity (Wildman–Crippen MR) is 78.8 cm³/mol. The molecule has 0 saturated carbocycles. The Kier molecular flexibility index (Phi) is 5.29. The van der Waals surface area contributed by atoms with Gasteiger partial charge in [0.1, 0.15) is 5.82 Å². The molecule has 0 aliphatic rings. The first kappa shape index (κ1) is 14.7. The molecule has 0 spiro atoms. The molecule has 1 heterocycles. The number of benzene rings is 1. The number of nitrogens with zero attached hydrogens (tertiary/aromatic N) is 1. The Morgan fingerprint density at radius 2 is 2.10 bits per heavy atom. The molecule has 0 radical (unpaired) electrons. The number of hydrogen-bond donors (Lipinski definition) is 2. The Bertz CT molecular complexity index is 560. The van der Waals surface area contributed by atoms with Crippen molar-refractivity contribution in [1.29, 1.82) is 0 Å². The van der Waals surface area contributed by atoms with Crippen molar-refractivity contribution >= 4 is 16.6 Å². The van der Waals surface area contributed by atoms with E-state index in [-0.39, 0.29) is 12.7 Å². The fraction of sp³-hybridized carbons (Fsp3) is 0.400. The summed E-state index contributed by atoms with van der Waals surface area (Å²) in [5, 5.41) is 14.6. The maximum Gasteiger partial charge on any atom is 0.134 e. The SMILES string of the molecule is COCC(CNc1nc(CO)cc2ccccc12)OC. The first-order valence-electron chi connectivity index (χ1n) is 6.53. The van der Waals surface area contributed by atoms with Crippen LogP contribution in [0.15, 0.2) is 30.3 Å². The van der Waals surface area contributed by atoms with E-state index in [4.69, 9.17) is 9.47 Å². The van der Waals surface area contributed by atoms with Gasteiger partial charge in [0.2, 0.25) is 0 Å². The molecule has 0 aliphatic carbocycles. The summed E-state index contributed by atoms with van der Waals surface area (Å²) >= 11 is 0. The van der Waals surface area contributed by atoms with Gasteiger partial charge in [0, 0.05) is 26.2 Å². The largest absolute Gasteiger partial charge is 0.390 e. The zero-order chi connectivity index (χ0) is 14.4. The number of anilines is 1. The fourth-order valence-electron chi connectivity index (χ4n) is 2.08. The molecule has 0 amide bonds. The van der Waals surface area contributed by atoms with Crippen LogP contribution in [-0.2, 0) is 16.1 Å². The number of pyridine rings is 1. The van der Waals surface area contributed by atoms with Crippen molar-refractivity contribution in [3.63, 3.8) is 0 Å². The zero-order valence-electron chi connectivity index (χ0n) is 11.8. The summed E-state index contributed by atoms with van der Waals surface area (Å²) < 4.78 is 10.4. The number of aliphatic hydroxyl groups excluding tert-OH is 1. The molecule has 0 saturated heterocycles. The number of hydrogen-bond acceptors (Lipinski definition) is 5. The smallest absolute Gasteiger partial charge is 0.134 e. The average Bonchev–Trinajstić information content (AvgIpc) is 2.50. The number of aromatic nitrogens is 1. The molecule has 2 aromatic rings. The second kappa shape index (κ2) is 7.19. The zero-order valence-corrected chi connectivity index (χ0v) is 11.8. The van der Waals surface area contributed by atoms with Crippen LogP contribution in [0.2, 0.25) is 0 Å². The number of ether oxygens (including phenoxy) is 2. The van der Waals surface area contributed by atoms with Crippen molar-refractivity contribution in [2.45, 2.75) is 12.7 Å². The molecule has 5 heteroatoms. The van der Waals surface area contributed by atoms with Crippen LogP contribution in [0, 0.1) is 0 Å². The van der Waals surface area contributed by atoms with Crippen LogP contribution in [0.5, 0.6) is 0 Å². The molecule has 0 bridgehead atoms. The van der Waals surface area contributed by atoms with Crippen molar-refractivity contribution in [2.24, 2.45) is 0 Å². The van der Waals surface area contributed by atoms with Gasteiger partial charge >= 0.3 is 0 Å². The third-order valence-corrected chi connectivity index (χ3v) is 3.14. The lowest BCUT2D eigenvalue weighted by atomic mass is 10.1. The molecular weight excluding hydrogens is 256 g/mol. The lowest BCUT2D eigenvalue weighted by Crippen LogP contribution is -2.27. The predicted octanol–water partition coefficient (Wildman–Crippen LogP) is 1.80. The van der Waals surface area contributed by atoms with Crippen LogP contribution in [0.3, 0.4) is 0 Å². The van der Waals surface area contributed by atoms with Gasteiger partial charge in [-0.25, -0.2) is 4.98 Å². The quantitative estimate of drug-likeness (QED) is 0.807. The highest BCUT2D eigenvalue weighted by molar-refractivity contribution is 5.92. The molecule has 5 nitrogen and oxygen atoms in total. The summed E-state index contributed by atoms with van der Waals surface area (Å²) in [7, 11) is 3.30. The summed E-state index contributed by atoms with van der Waals surface area (Å²) in [4.78, 5) is 4.43. The van der Waals surface area contributed by atoms with Crippen molar-refractivity contribution in [2.75, 3.05) is 32.7 Å². The highest BCUT2D eigenvalue weighted by Gasteiger charge is 2.09. The molecule has 1 aromatic carbocycles. The van der Waals surface area contributed by atoms with Gasteiger partial charge in [-0.3, -0.25) is 0 Å². The summed E-state index contributed by atoms with van der Waals surface area (Å²) in [6.07, 6.45) is -0.0432. The van der Waals surface area contributed by atoms with E-state index in [1.165, 1.54) is 0 Å². The van der Waals surface area contributed by atoms with E-state index in [9.17, 15) is 5.11 Å². The Hall–Kier alpha value is -1.69. The molecule has 1 atom stereocenters. The first-order valence-corrected chi connectivity index (χ1v) is 6.53. The van der Waals surface area contributed by atoms with E-state index in [2.05, 4.69) is 10.3 Å². The summed E-state index contributed by atoms with van der Waals surface area (Å²) in [5.41, 5.74) is 0.645. The molecule has 20 heavy (non-hydrogen) atoms. The molecule has 0 aliphatic heterocycles. The van der Waals surface area contributed by atoms with Crippen molar-refractivity contribution in [3.8, 4) is 0 Å². The van der Waals surface area contributed by atoms with Gasteiger partial charge in [-0.05, 0) is 11.5 Å². The van der Waals surface area contributed by atoms with Crippen LogP contribution in [0.4, 0.5) is 5.82 Å². The maximum absolute atomic E-state index is 9.29. The minimum atomic E-state index is -0.0781. The van der Waals surface area contributed by atoms with Crippen LogP contribution in [0.25, 0.3) is 10.8 Å². The highest BCUT2D eigenvalue weighted by Crippen LogP contribution is 2.22. The summed E-state index contributed by atoms with van der Waals surface area (Å²) in [6, 6.07) is 9.84. The Morgan fingerprint density at radius 1 is 1.30 bits per heavy atom. The standard InChI is InChI=1S/C15H20N2O3/c1-19-10-13(20-2)8-16-15-14-6-4-3-5-11(14)7-12(9-18)17-15/h3-7,13,18H,8-10H2,1-2H3,(H,16,17). The van der Waals surface area contributed by atoms with Crippen LogP contribution < -0.4 is 5.32 Å². The monoisotopic (exact) mass is 276 g/mol. The Labute approximate surface area is 118 Å². The first-order chi connectivity index (χ1) is 9.78. The molecule has 2 rings (SSSR count). The average molecular weight is 276 g/mol. The maximum atomic E-state index is 9.29. The van der Waals surface area contributed by atoms with Crippen LogP contribution >= 0.6 is 0 Å². The third-order valence-electron chi connectivity index (χ3n) is 3.14. The van der Waals surface area contributed by atoms with E-state index in [0.717, 1.165) is 16.6 Å². The topological polar surface area (TPSA) is 63.6 Å². The van der Waals surface area contributed by atoms with Gasteiger partial charge in [0.15, 0.2) is 0 Å². The second-order valence-corrected chi connectivity index (χ2v) is 4.54. The second-order valence-electron chi connectivity index (χ2n) is 4.54. The van der Waals surface area contributed by atoms with Gasteiger partial charge < -0.3 is 19.9 Å². The number of methoxy groups -OCH3 is 2. The summed E-state index contributed by atoms with van der Waals surface area (Å²) in [6.45, 7) is 1.03. The molecule has 2 N–H and O–H groups in total. The van der Waals surface area contributed by atoms with E-state index in [0.29, 0.717) is 18.8 Å². The van der Waals surface area contributed by atoms with Crippen LogP contribution in [-0.4, -0.2) is 43.6 Å². The molecule has 1 unspecified atom stereocenters. The van der Waals surface area contributed by atoms with Gasteiger partial charge in [0.05, 0.1) is 25.0 Å². The minimum absolute atomic E-state index is 0.0432. The van der Waals surface area contributed by atoms with Crippen molar-refractivity contribution < 1.29 is 14.6 Å². The molecule has 1 aromatic heterocycles. The fourth-order valence-corrected chi connectivity index (χ4v) is 2.08. The lowest BCUT2D eigenvalue weighted by Gasteiger charge is -2.17. The van der Waals surface area contributed by atoms with E-state index in [1.54, 1.807) is 14.2 Å². The van der Waals surface area contributed by atoms with Gasteiger partial charge in [-0.2, -0.15) is 0 Å². The van der Waals surface area contributed by atoms with E-state index >= 15 is 0 Å². The van der Waals surface area contributed by atoms with E-state index < -0.39 is 0 Å². The van der Waals surface area contributed by atoms with Crippen molar-refractivity contribution in [1.82, 2.24) is 4.98 Å². The number of rotatable bonds is 7. The molecular formula is C15H20N2O3. The summed E-state index contributed by atoms with van der Waals surface area (Å²) in [5.74, 6) is 0.755.